The summed E-state index contributed by atoms with van der Waals surface area (Å²) in [4.78, 5) is 23.5. The molecule has 0 saturated heterocycles. The molecule has 2 aromatic carbocycles. The van der Waals surface area contributed by atoms with Crippen LogP contribution in [-0.2, 0) is 10.5 Å². The van der Waals surface area contributed by atoms with E-state index in [0.717, 1.165) is 11.3 Å². The Morgan fingerprint density at radius 3 is 2.33 bits per heavy atom. The zero-order chi connectivity index (χ0) is 17.4. The molecule has 0 aromatic heterocycles. The van der Waals surface area contributed by atoms with Gasteiger partial charge in [0.1, 0.15) is 11.6 Å². The molecule has 0 bridgehead atoms. The maximum atomic E-state index is 12.7. The molecule has 0 aliphatic rings. The molecule has 7 heteroatoms. The molecule has 0 radical (unpaired) electrons. The van der Waals surface area contributed by atoms with Gasteiger partial charge in [0.05, 0.1) is 0 Å². The third kappa shape index (κ3) is 5.58. The van der Waals surface area contributed by atoms with Crippen LogP contribution in [-0.4, -0.2) is 24.7 Å². The van der Waals surface area contributed by atoms with Crippen molar-refractivity contribution in [1.82, 2.24) is 10.9 Å². The summed E-state index contributed by atoms with van der Waals surface area (Å²) in [5, 5.41) is 0. The second kappa shape index (κ2) is 8.93. The molecule has 0 aliphatic carbocycles. The first-order valence-corrected chi connectivity index (χ1v) is 8.53. The van der Waals surface area contributed by atoms with Gasteiger partial charge in [0.25, 0.3) is 11.8 Å². The lowest BCUT2D eigenvalue weighted by molar-refractivity contribution is -0.123. The number of hydrogen-bond acceptors (Lipinski definition) is 4. The van der Waals surface area contributed by atoms with Crippen LogP contribution in [0.15, 0.2) is 48.5 Å². The molecule has 0 aliphatic heterocycles. The topological polar surface area (TPSA) is 67.4 Å². The smallest absolute Gasteiger partial charge is 0.276 e. The SMILES string of the molecule is CSCc1ccc(C(=O)NNC(=O)COc2ccc(F)cc2)cc1. The largest absolute Gasteiger partial charge is 0.484 e. The van der Waals surface area contributed by atoms with E-state index in [1.807, 2.05) is 18.4 Å². The van der Waals surface area contributed by atoms with E-state index in [-0.39, 0.29) is 12.4 Å². The summed E-state index contributed by atoms with van der Waals surface area (Å²) >= 11 is 1.70. The van der Waals surface area contributed by atoms with E-state index in [1.165, 1.54) is 24.3 Å². The minimum atomic E-state index is -0.522. The highest BCUT2D eigenvalue weighted by Crippen LogP contribution is 2.11. The van der Waals surface area contributed by atoms with Crippen molar-refractivity contribution in [3.8, 4) is 5.75 Å². The van der Waals surface area contributed by atoms with Gasteiger partial charge in [-0.2, -0.15) is 11.8 Å². The number of benzene rings is 2. The van der Waals surface area contributed by atoms with Crippen LogP contribution >= 0.6 is 11.8 Å². The van der Waals surface area contributed by atoms with Gasteiger partial charge in [-0.15, -0.1) is 0 Å². The first-order chi connectivity index (χ1) is 11.6. The van der Waals surface area contributed by atoms with E-state index in [4.69, 9.17) is 4.74 Å². The molecular formula is C17H17FN2O3S. The standard InChI is InChI=1S/C17H17FN2O3S/c1-24-11-12-2-4-13(5-3-12)17(22)20-19-16(21)10-23-15-8-6-14(18)7-9-15/h2-9H,10-11H2,1H3,(H,19,21)(H,20,22). The molecule has 126 valence electrons. The Balaban J connectivity index is 1.76. The maximum Gasteiger partial charge on any atom is 0.276 e. The molecule has 2 N–H and O–H groups in total. The predicted molar refractivity (Wildman–Crippen MR) is 91.2 cm³/mol. The van der Waals surface area contributed by atoms with Crippen LogP contribution in [0.4, 0.5) is 4.39 Å². The number of halogens is 1. The Bertz CT molecular complexity index is 690. The third-order valence-electron chi connectivity index (χ3n) is 3.03. The normalized spacial score (nSPS) is 10.1. The van der Waals surface area contributed by atoms with Gasteiger partial charge in [-0.05, 0) is 48.2 Å². The van der Waals surface area contributed by atoms with Gasteiger partial charge >= 0.3 is 0 Å². The molecule has 0 unspecified atom stereocenters. The Morgan fingerprint density at radius 2 is 1.71 bits per heavy atom. The molecule has 0 spiro atoms. The highest BCUT2D eigenvalue weighted by atomic mass is 32.2. The lowest BCUT2D eigenvalue weighted by Gasteiger charge is -2.09. The Morgan fingerprint density at radius 1 is 1.04 bits per heavy atom. The van der Waals surface area contributed by atoms with Gasteiger partial charge in [-0.25, -0.2) is 4.39 Å². The molecular weight excluding hydrogens is 331 g/mol. The summed E-state index contributed by atoms with van der Waals surface area (Å²) in [5.41, 5.74) is 6.14. The molecule has 0 heterocycles. The maximum absolute atomic E-state index is 12.7. The van der Waals surface area contributed by atoms with Gasteiger partial charge in [0.15, 0.2) is 6.61 Å². The second-order valence-corrected chi connectivity index (χ2v) is 5.74. The molecule has 0 fully saturated rings. The third-order valence-corrected chi connectivity index (χ3v) is 3.65. The van der Waals surface area contributed by atoms with Crippen LogP contribution in [0.1, 0.15) is 15.9 Å². The number of hydrazine groups is 1. The van der Waals surface area contributed by atoms with Gasteiger partial charge in [-0.3, -0.25) is 20.4 Å². The van der Waals surface area contributed by atoms with Crippen molar-refractivity contribution in [2.75, 3.05) is 12.9 Å². The lowest BCUT2D eigenvalue weighted by atomic mass is 10.1. The van der Waals surface area contributed by atoms with Crippen LogP contribution in [0.5, 0.6) is 5.75 Å². The van der Waals surface area contributed by atoms with Crippen molar-refractivity contribution in [3.63, 3.8) is 0 Å². The first kappa shape index (κ1) is 17.8. The van der Waals surface area contributed by atoms with E-state index in [1.54, 1.807) is 23.9 Å². The fourth-order valence-electron chi connectivity index (χ4n) is 1.83. The molecule has 5 nitrogen and oxygen atoms in total. The zero-order valence-corrected chi connectivity index (χ0v) is 13.9. The summed E-state index contributed by atoms with van der Waals surface area (Å²) in [6.07, 6.45) is 2.00. The summed E-state index contributed by atoms with van der Waals surface area (Å²) in [6, 6.07) is 12.4. The summed E-state index contributed by atoms with van der Waals surface area (Å²) in [7, 11) is 0. The number of thioether (sulfide) groups is 1. The van der Waals surface area contributed by atoms with Crippen molar-refractivity contribution in [1.29, 1.82) is 0 Å². The van der Waals surface area contributed by atoms with Gasteiger partial charge in [0, 0.05) is 11.3 Å². The summed E-state index contributed by atoms with van der Waals surface area (Å²) in [5.74, 6) is -0.0864. The molecule has 2 amide bonds. The predicted octanol–water partition coefficient (Wildman–Crippen LogP) is 2.53. The van der Waals surface area contributed by atoms with Crippen LogP contribution in [0.25, 0.3) is 0 Å². The van der Waals surface area contributed by atoms with Crippen molar-refractivity contribution >= 4 is 23.6 Å². The number of ether oxygens (including phenoxy) is 1. The monoisotopic (exact) mass is 348 g/mol. The molecule has 0 atom stereocenters. The van der Waals surface area contributed by atoms with Crippen molar-refractivity contribution < 1.29 is 18.7 Å². The average Bonchev–Trinajstić information content (AvgIpc) is 2.60. The van der Waals surface area contributed by atoms with Crippen LogP contribution in [0.3, 0.4) is 0 Å². The minimum Gasteiger partial charge on any atom is -0.484 e. The van der Waals surface area contributed by atoms with E-state index in [9.17, 15) is 14.0 Å². The fourth-order valence-corrected chi connectivity index (χ4v) is 2.36. The van der Waals surface area contributed by atoms with Crippen molar-refractivity contribution in [3.05, 3.63) is 65.5 Å². The minimum absolute atomic E-state index is 0.293. The van der Waals surface area contributed by atoms with E-state index < -0.39 is 11.8 Å². The Labute approximate surface area is 143 Å². The lowest BCUT2D eigenvalue weighted by Crippen LogP contribution is -2.43. The number of rotatable bonds is 6. The molecule has 2 aromatic rings. The van der Waals surface area contributed by atoms with Crippen LogP contribution in [0, 0.1) is 5.82 Å². The number of hydrogen-bond donors (Lipinski definition) is 2. The van der Waals surface area contributed by atoms with Crippen LogP contribution < -0.4 is 15.6 Å². The Hall–Kier alpha value is -2.54. The quantitative estimate of drug-likeness (QED) is 0.787. The van der Waals surface area contributed by atoms with Crippen molar-refractivity contribution in [2.24, 2.45) is 0 Å². The number of carbonyl (C=O) groups is 2. The molecule has 24 heavy (non-hydrogen) atoms. The molecule has 0 saturated carbocycles. The number of amides is 2. The zero-order valence-electron chi connectivity index (χ0n) is 13.0. The van der Waals surface area contributed by atoms with E-state index >= 15 is 0 Å². The summed E-state index contributed by atoms with van der Waals surface area (Å²) < 4.78 is 17.9. The highest BCUT2D eigenvalue weighted by Gasteiger charge is 2.08. The van der Waals surface area contributed by atoms with Gasteiger partial charge in [-0.1, -0.05) is 12.1 Å². The van der Waals surface area contributed by atoms with Crippen molar-refractivity contribution in [2.45, 2.75) is 5.75 Å². The van der Waals surface area contributed by atoms with E-state index in [0.29, 0.717) is 11.3 Å². The van der Waals surface area contributed by atoms with E-state index in [2.05, 4.69) is 10.9 Å². The first-order valence-electron chi connectivity index (χ1n) is 7.14. The Kier molecular flexibility index (Phi) is 6.62. The number of nitrogens with one attached hydrogen (secondary N) is 2. The van der Waals surface area contributed by atoms with Crippen LogP contribution in [0.2, 0.25) is 0 Å². The van der Waals surface area contributed by atoms with Gasteiger partial charge in [0.2, 0.25) is 0 Å². The number of carbonyl (C=O) groups excluding carboxylic acids is 2. The van der Waals surface area contributed by atoms with Gasteiger partial charge < -0.3 is 4.74 Å². The average molecular weight is 348 g/mol. The summed E-state index contributed by atoms with van der Waals surface area (Å²) in [6.45, 7) is -0.293. The second-order valence-electron chi connectivity index (χ2n) is 4.87. The fraction of sp³-hybridized carbons (Fsp3) is 0.176. The highest BCUT2D eigenvalue weighted by molar-refractivity contribution is 7.97. The molecule has 2 rings (SSSR count).